The van der Waals surface area contributed by atoms with Gasteiger partial charge in [-0.2, -0.15) is 5.26 Å². The molecule has 1 amide bonds. The van der Waals surface area contributed by atoms with E-state index in [1.165, 1.54) is 12.3 Å². The number of ether oxygens (including phenoxy) is 3. The first-order chi connectivity index (χ1) is 23.0. The molecule has 0 unspecified atom stereocenters. The molecule has 2 aromatic carbocycles. The number of ketones is 1. The topological polar surface area (TPSA) is 127 Å². The van der Waals surface area contributed by atoms with Crippen LogP contribution in [0.25, 0.3) is 10.9 Å². The Morgan fingerprint density at radius 3 is 2.67 bits per heavy atom. The molecule has 11 heteroatoms. The number of likely N-dealkylation sites (tertiary alicyclic amines) is 1. The third-order valence-electron chi connectivity index (χ3n) is 7.57. The number of amides is 1. The summed E-state index contributed by atoms with van der Waals surface area (Å²) in [4.78, 5) is 36.4. The quantitative estimate of drug-likeness (QED) is 0.159. The maximum Gasteiger partial charge on any atom is 0.410 e. The molecule has 10 nitrogen and oxygen atoms in total. The van der Waals surface area contributed by atoms with Crippen molar-refractivity contribution in [3.63, 3.8) is 0 Å². The van der Waals surface area contributed by atoms with Gasteiger partial charge in [-0.25, -0.2) is 4.79 Å². The van der Waals surface area contributed by atoms with Gasteiger partial charge in [0.25, 0.3) is 0 Å². The average Bonchev–Trinajstić information content (AvgIpc) is 3.53. The summed E-state index contributed by atoms with van der Waals surface area (Å²) in [7, 11) is 0. The maximum absolute atomic E-state index is 13.3. The van der Waals surface area contributed by atoms with Crippen molar-refractivity contribution in [3.8, 4) is 17.6 Å². The van der Waals surface area contributed by atoms with Crippen molar-refractivity contribution in [3.05, 3.63) is 94.9 Å². The van der Waals surface area contributed by atoms with E-state index in [0.29, 0.717) is 63.1 Å². The molecule has 0 radical (unpaired) electrons. The number of nitrogens with zero attached hydrogens (tertiary/aromatic N) is 4. The van der Waals surface area contributed by atoms with Crippen molar-refractivity contribution >= 4 is 45.8 Å². The highest BCUT2D eigenvalue weighted by molar-refractivity contribution is 6.32. The van der Waals surface area contributed by atoms with Gasteiger partial charge in [0.1, 0.15) is 29.8 Å². The second-order valence-electron chi connectivity index (χ2n) is 12.3. The van der Waals surface area contributed by atoms with Crippen LogP contribution in [0.15, 0.2) is 73.1 Å². The zero-order chi connectivity index (χ0) is 34.3. The molecular weight excluding hydrogens is 630 g/mol. The molecule has 1 fully saturated rings. The van der Waals surface area contributed by atoms with E-state index in [-0.39, 0.29) is 30.9 Å². The van der Waals surface area contributed by atoms with Crippen molar-refractivity contribution < 1.29 is 23.8 Å². The number of aromatic nitrogens is 2. The second-order valence-corrected chi connectivity index (χ2v) is 12.7. The van der Waals surface area contributed by atoms with E-state index in [0.717, 1.165) is 18.5 Å². The van der Waals surface area contributed by atoms with Gasteiger partial charge < -0.3 is 24.4 Å². The van der Waals surface area contributed by atoms with Crippen LogP contribution in [-0.4, -0.2) is 51.5 Å². The fourth-order valence-electron chi connectivity index (χ4n) is 5.39. The van der Waals surface area contributed by atoms with Crippen LogP contribution in [0.4, 0.5) is 16.2 Å². The molecule has 1 aliphatic rings. The van der Waals surface area contributed by atoms with E-state index in [2.05, 4.69) is 21.4 Å². The highest BCUT2D eigenvalue weighted by Gasteiger charge is 2.30. The second kappa shape index (κ2) is 15.2. The van der Waals surface area contributed by atoms with E-state index in [9.17, 15) is 14.9 Å². The number of fused-ring (bicyclic) bond motifs is 1. The first-order valence-electron chi connectivity index (χ1n) is 15.8. The summed E-state index contributed by atoms with van der Waals surface area (Å²) < 4.78 is 17.3. The lowest BCUT2D eigenvalue weighted by Gasteiger charge is -2.27. The van der Waals surface area contributed by atoms with Crippen molar-refractivity contribution in [1.82, 2.24) is 14.9 Å². The van der Waals surface area contributed by atoms with Gasteiger partial charge in [-0.05, 0) is 83.0 Å². The number of hydrogen-bond acceptors (Lipinski definition) is 9. The zero-order valence-electron chi connectivity index (χ0n) is 27.5. The van der Waals surface area contributed by atoms with Crippen LogP contribution in [0, 0.1) is 11.3 Å². The molecule has 0 aliphatic carbocycles. The van der Waals surface area contributed by atoms with Gasteiger partial charge in [0.05, 0.1) is 40.1 Å². The molecule has 2 aromatic heterocycles. The largest absolute Gasteiger partial charge is 0.494 e. The predicted molar refractivity (Wildman–Crippen MR) is 185 cm³/mol. The van der Waals surface area contributed by atoms with E-state index < -0.39 is 5.60 Å². The Hall–Kier alpha value is -5.14. The molecule has 48 heavy (non-hydrogen) atoms. The van der Waals surface area contributed by atoms with Gasteiger partial charge in [0, 0.05) is 48.1 Å². The van der Waals surface area contributed by atoms with Gasteiger partial charge >= 0.3 is 6.09 Å². The van der Waals surface area contributed by atoms with Gasteiger partial charge in [-0.3, -0.25) is 14.8 Å². The SMILES string of the molecule is CCOc1cc2ncc(C#N)c(Nc3ccc(OCc4ccccn4)c(Cl)c3)c2cc1CC(=O)/C=C/[C@@H]1CCCN1C(=O)OC(C)(C)C. The monoisotopic (exact) mass is 667 g/mol. The van der Waals surface area contributed by atoms with Crippen molar-refractivity contribution in [2.75, 3.05) is 18.5 Å². The number of nitriles is 1. The van der Waals surface area contributed by atoms with Crippen molar-refractivity contribution in [2.24, 2.45) is 0 Å². The first-order valence-corrected chi connectivity index (χ1v) is 16.2. The summed E-state index contributed by atoms with van der Waals surface area (Å²) in [5.74, 6) is 0.872. The summed E-state index contributed by atoms with van der Waals surface area (Å²) in [6.07, 6.45) is 7.74. The number of halogens is 1. The fourth-order valence-corrected chi connectivity index (χ4v) is 5.63. The number of carbonyl (C=O) groups excluding carboxylic acids is 2. The van der Waals surface area contributed by atoms with Crippen LogP contribution in [0.3, 0.4) is 0 Å². The minimum atomic E-state index is -0.603. The Morgan fingerprint density at radius 2 is 1.96 bits per heavy atom. The zero-order valence-corrected chi connectivity index (χ0v) is 28.2. The molecule has 1 saturated heterocycles. The lowest BCUT2D eigenvalue weighted by molar-refractivity contribution is -0.114. The molecule has 1 N–H and O–H groups in total. The number of rotatable bonds is 11. The Balaban J connectivity index is 1.38. The number of anilines is 2. The number of pyridine rings is 2. The smallest absolute Gasteiger partial charge is 0.410 e. The van der Waals surface area contributed by atoms with E-state index in [1.54, 1.807) is 41.4 Å². The summed E-state index contributed by atoms with van der Waals surface area (Å²) in [6.45, 7) is 8.60. The van der Waals surface area contributed by atoms with Gasteiger partial charge in [-0.15, -0.1) is 0 Å². The molecule has 1 atom stereocenters. The molecule has 0 saturated carbocycles. The van der Waals surface area contributed by atoms with Gasteiger partial charge in [0.15, 0.2) is 5.78 Å². The number of carbonyl (C=O) groups is 2. The number of hydrogen-bond donors (Lipinski definition) is 1. The van der Waals surface area contributed by atoms with Crippen LogP contribution in [-0.2, 0) is 22.6 Å². The molecule has 0 spiro atoms. The molecule has 0 bridgehead atoms. The summed E-state index contributed by atoms with van der Waals surface area (Å²) in [6, 6.07) is 16.5. The molecular formula is C37H38ClN5O5. The number of allylic oxidation sites excluding steroid dienone is 1. The predicted octanol–water partition coefficient (Wildman–Crippen LogP) is 7.94. The van der Waals surface area contributed by atoms with E-state index >= 15 is 0 Å². The Kier molecular flexibility index (Phi) is 10.8. The lowest BCUT2D eigenvalue weighted by atomic mass is 10.0. The fraction of sp³-hybridized carbons (Fsp3) is 0.324. The third kappa shape index (κ3) is 8.60. The highest BCUT2D eigenvalue weighted by atomic mass is 35.5. The molecule has 1 aliphatic heterocycles. The van der Waals surface area contributed by atoms with Crippen LogP contribution in [0.2, 0.25) is 5.02 Å². The minimum Gasteiger partial charge on any atom is -0.494 e. The summed E-state index contributed by atoms with van der Waals surface area (Å²) >= 11 is 6.57. The standard InChI is InChI=1S/C37H38ClN5O5/c1-5-46-34-20-32-30(18-24(34)17-29(44)13-12-28-10-8-16-43(28)36(45)48-37(2,3)4)35(25(21-39)22-41-32)42-26-11-14-33(31(38)19-26)47-23-27-9-6-7-15-40-27/h6-7,9,11-15,18-20,22,28H,5,8,10,16-17,23H2,1-4H3,(H,41,42)/b13-12+/t28-/m0/s1. The van der Waals surface area contributed by atoms with Crippen molar-refractivity contribution in [1.29, 1.82) is 5.26 Å². The summed E-state index contributed by atoms with van der Waals surface area (Å²) in [5, 5.41) is 14.3. The first kappa shape index (κ1) is 34.2. The number of benzene rings is 2. The Morgan fingerprint density at radius 1 is 1.12 bits per heavy atom. The molecule has 5 rings (SSSR count). The molecule has 248 valence electrons. The highest BCUT2D eigenvalue weighted by Crippen LogP contribution is 2.36. The Labute approximate surface area is 285 Å². The number of nitrogens with one attached hydrogen (secondary N) is 1. The molecule has 3 heterocycles. The lowest BCUT2D eigenvalue weighted by Crippen LogP contribution is -2.39. The van der Waals surface area contributed by atoms with E-state index in [1.807, 2.05) is 52.0 Å². The van der Waals surface area contributed by atoms with Crippen LogP contribution >= 0.6 is 11.6 Å². The van der Waals surface area contributed by atoms with E-state index in [4.69, 9.17) is 25.8 Å². The molecule has 4 aromatic rings. The normalized spacial score (nSPS) is 14.6. The third-order valence-corrected chi connectivity index (χ3v) is 7.87. The van der Waals surface area contributed by atoms with Crippen LogP contribution in [0.1, 0.15) is 57.4 Å². The summed E-state index contributed by atoms with van der Waals surface area (Å²) in [5.41, 5.74) is 2.88. The maximum atomic E-state index is 13.3. The average molecular weight is 668 g/mol. The van der Waals surface area contributed by atoms with Gasteiger partial charge in [0.2, 0.25) is 0 Å². The minimum absolute atomic E-state index is 0.0469. The van der Waals surface area contributed by atoms with Crippen molar-refractivity contribution in [2.45, 2.75) is 65.2 Å². The van der Waals surface area contributed by atoms with Gasteiger partial charge in [-0.1, -0.05) is 23.7 Å². The van der Waals surface area contributed by atoms with Crippen LogP contribution in [0.5, 0.6) is 11.5 Å². The van der Waals surface area contributed by atoms with Crippen LogP contribution < -0.4 is 14.8 Å². The Bertz CT molecular complexity index is 1870.